The summed E-state index contributed by atoms with van der Waals surface area (Å²) in [5, 5.41) is 2.80. The predicted molar refractivity (Wildman–Crippen MR) is 60.0 cm³/mol. The zero-order chi connectivity index (χ0) is 9.97. The van der Waals surface area contributed by atoms with Crippen LogP contribution >= 0.6 is 22.9 Å². The second kappa shape index (κ2) is 4.15. The molecule has 0 atom stereocenters. The zero-order valence-electron chi connectivity index (χ0n) is 7.90. The van der Waals surface area contributed by atoms with Crippen molar-refractivity contribution in [3.05, 3.63) is 39.6 Å². The number of rotatable bonds is 3. The number of hydrogen-bond acceptors (Lipinski definition) is 2. The van der Waals surface area contributed by atoms with E-state index in [4.69, 9.17) is 11.6 Å². The smallest absolute Gasteiger partial charge is 0.128 e. The highest BCUT2D eigenvalue weighted by Crippen LogP contribution is 2.17. The molecular formula is C10H11ClN2S. The normalized spacial score (nSPS) is 10.7. The minimum atomic E-state index is 0.721. The minimum absolute atomic E-state index is 0.721. The van der Waals surface area contributed by atoms with Crippen molar-refractivity contribution >= 4 is 22.9 Å². The molecule has 0 fully saturated rings. The van der Waals surface area contributed by atoms with Crippen molar-refractivity contribution in [1.29, 1.82) is 0 Å². The highest BCUT2D eigenvalue weighted by molar-refractivity contribution is 7.09. The summed E-state index contributed by atoms with van der Waals surface area (Å²) in [6, 6.07) is 4.17. The Morgan fingerprint density at radius 3 is 3.07 bits per heavy atom. The van der Waals surface area contributed by atoms with E-state index in [1.54, 1.807) is 17.5 Å². The third-order valence-electron chi connectivity index (χ3n) is 2.12. The van der Waals surface area contributed by atoms with E-state index in [2.05, 4.69) is 29.4 Å². The van der Waals surface area contributed by atoms with Crippen LogP contribution in [0.5, 0.6) is 0 Å². The van der Waals surface area contributed by atoms with Crippen molar-refractivity contribution in [2.24, 2.45) is 0 Å². The lowest BCUT2D eigenvalue weighted by Gasteiger charge is -2.04. The lowest BCUT2D eigenvalue weighted by Crippen LogP contribution is -2.01. The van der Waals surface area contributed by atoms with Gasteiger partial charge in [-0.1, -0.05) is 17.7 Å². The van der Waals surface area contributed by atoms with Gasteiger partial charge in [-0.25, -0.2) is 4.98 Å². The fourth-order valence-corrected chi connectivity index (χ4v) is 2.40. The van der Waals surface area contributed by atoms with E-state index in [0.717, 1.165) is 23.9 Å². The first kappa shape index (κ1) is 9.74. The molecule has 2 rings (SSSR count). The molecule has 0 saturated carbocycles. The van der Waals surface area contributed by atoms with Crippen LogP contribution in [0.2, 0.25) is 5.15 Å². The van der Waals surface area contributed by atoms with Gasteiger partial charge in [0.05, 0.1) is 6.20 Å². The van der Waals surface area contributed by atoms with Gasteiger partial charge in [-0.05, 0) is 18.4 Å². The third kappa shape index (κ3) is 1.83. The summed E-state index contributed by atoms with van der Waals surface area (Å²) in [6.07, 6.45) is 2.59. The number of hydrogen-bond donors (Lipinski definition) is 0. The number of imidazole rings is 1. The summed E-state index contributed by atoms with van der Waals surface area (Å²) in [5.74, 6) is 1.04. The molecule has 2 aromatic heterocycles. The number of thiophene rings is 1. The number of nitrogens with zero attached hydrogens (tertiary/aromatic N) is 2. The lowest BCUT2D eigenvalue weighted by atomic mass is 10.3. The topological polar surface area (TPSA) is 17.8 Å². The van der Waals surface area contributed by atoms with Gasteiger partial charge in [0, 0.05) is 17.8 Å². The largest absolute Gasteiger partial charge is 0.319 e. The van der Waals surface area contributed by atoms with Crippen molar-refractivity contribution in [2.45, 2.75) is 19.9 Å². The third-order valence-corrected chi connectivity index (χ3v) is 3.30. The molecule has 4 heteroatoms. The summed E-state index contributed by atoms with van der Waals surface area (Å²) >= 11 is 7.74. The Hall–Kier alpha value is -0.800. The van der Waals surface area contributed by atoms with E-state index in [9.17, 15) is 0 Å². The predicted octanol–water partition coefficient (Wildman–Crippen LogP) is 3.21. The SMILES string of the molecule is CCn1c(Cl)cnc1Cc1cccs1. The molecule has 2 aromatic rings. The van der Waals surface area contributed by atoms with E-state index in [-0.39, 0.29) is 0 Å². The molecular weight excluding hydrogens is 216 g/mol. The molecule has 2 heterocycles. The van der Waals surface area contributed by atoms with Crippen LogP contribution in [0.1, 0.15) is 17.6 Å². The van der Waals surface area contributed by atoms with Gasteiger partial charge >= 0.3 is 0 Å². The van der Waals surface area contributed by atoms with Gasteiger partial charge in [0.15, 0.2) is 0 Å². The first-order valence-electron chi connectivity index (χ1n) is 4.53. The van der Waals surface area contributed by atoms with Gasteiger partial charge in [0.25, 0.3) is 0 Å². The molecule has 0 radical (unpaired) electrons. The summed E-state index contributed by atoms with van der Waals surface area (Å²) in [7, 11) is 0. The molecule has 0 aliphatic heterocycles. The molecule has 74 valence electrons. The van der Waals surface area contributed by atoms with Crippen molar-refractivity contribution < 1.29 is 0 Å². The zero-order valence-corrected chi connectivity index (χ0v) is 9.48. The standard InChI is InChI=1S/C10H11ClN2S/c1-2-13-9(11)7-12-10(13)6-8-4-3-5-14-8/h3-5,7H,2,6H2,1H3. The van der Waals surface area contributed by atoms with Gasteiger partial charge in [0.2, 0.25) is 0 Å². The maximum absolute atomic E-state index is 5.99. The average Bonchev–Trinajstić information content (AvgIpc) is 2.77. The molecule has 0 saturated heterocycles. The molecule has 0 aliphatic carbocycles. The van der Waals surface area contributed by atoms with Crippen LogP contribution < -0.4 is 0 Å². The molecule has 0 aliphatic rings. The Bertz CT molecular complexity index is 406. The van der Waals surface area contributed by atoms with Gasteiger partial charge < -0.3 is 4.57 Å². The maximum Gasteiger partial charge on any atom is 0.128 e. The second-order valence-electron chi connectivity index (χ2n) is 3.00. The van der Waals surface area contributed by atoms with Crippen LogP contribution in [0.3, 0.4) is 0 Å². The summed E-state index contributed by atoms with van der Waals surface area (Å²) in [4.78, 5) is 5.62. The molecule has 2 nitrogen and oxygen atoms in total. The summed E-state index contributed by atoms with van der Waals surface area (Å²) in [6.45, 7) is 2.95. The minimum Gasteiger partial charge on any atom is -0.319 e. The number of halogens is 1. The van der Waals surface area contributed by atoms with E-state index < -0.39 is 0 Å². The summed E-state index contributed by atoms with van der Waals surface area (Å²) in [5.41, 5.74) is 0. The van der Waals surface area contributed by atoms with E-state index in [1.165, 1.54) is 4.88 Å². The maximum atomic E-state index is 5.99. The Labute approximate surface area is 92.2 Å². The van der Waals surface area contributed by atoms with Crippen molar-refractivity contribution in [2.75, 3.05) is 0 Å². The highest BCUT2D eigenvalue weighted by atomic mass is 35.5. The van der Waals surface area contributed by atoms with Crippen molar-refractivity contribution in [1.82, 2.24) is 9.55 Å². The molecule has 0 amide bonds. The van der Waals surface area contributed by atoms with Gasteiger partial charge in [-0.15, -0.1) is 11.3 Å². The summed E-state index contributed by atoms with van der Waals surface area (Å²) < 4.78 is 2.03. The van der Waals surface area contributed by atoms with Crippen LogP contribution in [0.4, 0.5) is 0 Å². The Kier molecular flexibility index (Phi) is 2.89. The van der Waals surface area contributed by atoms with Gasteiger partial charge in [-0.3, -0.25) is 0 Å². The Morgan fingerprint density at radius 2 is 2.43 bits per heavy atom. The van der Waals surface area contributed by atoms with Crippen LogP contribution in [0, 0.1) is 0 Å². The van der Waals surface area contributed by atoms with E-state index in [1.807, 2.05) is 4.57 Å². The first-order chi connectivity index (χ1) is 6.81. The average molecular weight is 227 g/mol. The van der Waals surface area contributed by atoms with Gasteiger partial charge in [0.1, 0.15) is 11.0 Å². The Balaban J connectivity index is 2.25. The van der Waals surface area contributed by atoms with Crippen molar-refractivity contribution in [3.63, 3.8) is 0 Å². The molecule has 0 bridgehead atoms. The van der Waals surface area contributed by atoms with Crippen LogP contribution in [0.15, 0.2) is 23.7 Å². The second-order valence-corrected chi connectivity index (χ2v) is 4.42. The van der Waals surface area contributed by atoms with Gasteiger partial charge in [-0.2, -0.15) is 0 Å². The van der Waals surface area contributed by atoms with Crippen LogP contribution in [0.25, 0.3) is 0 Å². The monoisotopic (exact) mass is 226 g/mol. The van der Waals surface area contributed by atoms with Crippen LogP contribution in [-0.4, -0.2) is 9.55 Å². The lowest BCUT2D eigenvalue weighted by molar-refractivity contribution is 0.715. The Morgan fingerprint density at radius 1 is 1.57 bits per heavy atom. The van der Waals surface area contributed by atoms with E-state index in [0.29, 0.717) is 0 Å². The van der Waals surface area contributed by atoms with Crippen molar-refractivity contribution in [3.8, 4) is 0 Å². The van der Waals surface area contributed by atoms with E-state index >= 15 is 0 Å². The molecule has 0 spiro atoms. The van der Waals surface area contributed by atoms with Crippen LogP contribution in [-0.2, 0) is 13.0 Å². The molecule has 0 N–H and O–H groups in total. The fourth-order valence-electron chi connectivity index (χ4n) is 1.43. The highest BCUT2D eigenvalue weighted by Gasteiger charge is 2.07. The fraction of sp³-hybridized carbons (Fsp3) is 0.300. The first-order valence-corrected chi connectivity index (χ1v) is 5.79. The molecule has 0 aromatic carbocycles. The number of aromatic nitrogens is 2. The quantitative estimate of drug-likeness (QED) is 0.786. The molecule has 14 heavy (non-hydrogen) atoms. The molecule has 0 unspecified atom stereocenters.